The van der Waals surface area contributed by atoms with Crippen molar-refractivity contribution in [3.05, 3.63) is 24.3 Å². The van der Waals surface area contributed by atoms with Crippen molar-refractivity contribution in [2.24, 2.45) is 0 Å². The zero-order chi connectivity index (χ0) is 13.7. The smallest absolute Gasteiger partial charge is 0.242 e. The summed E-state index contributed by atoms with van der Waals surface area (Å²) >= 11 is 2.96. The summed E-state index contributed by atoms with van der Waals surface area (Å²) in [5.74, 6) is 0. The first-order chi connectivity index (χ1) is 9.11. The van der Waals surface area contributed by atoms with Crippen molar-refractivity contribution < 1.29 is 8.42 Å². The number of alkyl halides is 1. The van der Waals surface area contributed by atoms with E-state index in [1.165, 1.54) is 31.4 Å². The summed E-state index contributed by atoms with van der Waals surface area (Å²) in [4.78, 5) is 2.37. The van der Waals surface area contributed by atoms with Gasteiger partial charge in [0.1, 0.15) is 4.66 Å². The van der Waals surface area contributed by atoms with E-state index in [4.69, 9.17) is 0 Å². The Hall–Kier alpha value is -0.750. The van der Waals surface area contributed by atoms with Gasteiger partial charge in [0.05, 0.1) is 0 Å². The number of hydrogen-bond donors (Lipinski definition) is 1. The average Bonchev–Trinajstić information content (AvgIpc) is 2.68. The van der Waals surface area contributed by atoms with E-state index in [2.05, 4.69) is 25.6 Å². The molecule has 19 heavy (non-hydrogen) atoms. The molecule has 0 unspecified atom stereocenters. The first-order valence-corrected chi connectivity index (χ1v) is 9.29. The maximum absolute atomic E-state index is 11.4. The minimum absolute atomic E-state index is 0.0894. The Bertz CT molecular complexity index is 494. The van der Waals surface area contributed by atoms with E-state index >= 15 is 0 Å². The van der Waals surface area contributed by atoms with Crippen molar-refractivity contribution in [2.45, 2.75) is 25.7 Å². The maximum atomic E-state index is 11.4. The van der Waals surface area contributed by atoms with Crippen molar-refractivity contribution in [1.82, 2.24) is 0 Å². The summed E-state index contributed by atoms with van der Waals surface area (Å²) in [6, 6.07) is 7.61. The van der Waals surface area contributed by atoms with Gasteiger partial charge >= 0.3 is 0 Å². The Labute approximate surface area is 123 Å². The lowest BCUT2D eigenvalue weighted by Crippen LogP contribution is -2.23. The van der Waals surface area contributed by atoms with Crippen LogP contribution in [0, 0.1) is 0 Å². The van der Waals surface area contributed by atoms with E-state index in [-0.39, 0.29) is 4.66 Å². The van der Waals surface area contributed by atoms with Gasteiger partial charge in [0, 0.05) is 24.5 Å². The van der Waals surface area contributed by atoms with Gasteiger partial charge in [-0.3, -0.25) is 4.72 Å². The average molecular weight is 347 g/mol. The molecule has 0 atom stereocenters. The van der Waals surface area contributed by atoms with E-state index in [0.717, 1.165) is 13.1 Å². The summed E-state index contributed by atoms with van der Waals surface area (Å²) in [5, 5.41) is 0. The molecule has 2 rings (SSSR count). The predicted octanol–water partition coefficient (Wildman–Crippen LogP) is 3.16. The molecular formula is C13H19BrN2O2S. The predicted molar refractivity (Wildman–Crippen MR) is 83.5 cm³/mol. The van der Waals surface area contributed by atoms with Crippen LogP contribution in [0.4, 0.5) is 11.4 Å². The third-order valence-corrected chi connectivity index (χ3v) is 5.90. The fraction of sp³-hybridized carbons (Fsp3) is 0.538. The molecule has 1 aliphatic rings. The SMILES string of the molecule is O=S(=O)(CBr)Nc1ccc(N2CCCCCC2)cc1. The minimum Gasteiger partial charge on any atom is -0.372 e. The third kappa shape index (κ3) is 4.38. The molecule has 6 heteroatoms. The van der Waals surface area contributed by atoms with Crippen LogP contribution in [0.15, 0.2) is 24.3 Å². The second kappa shape index (κ2) is 6.61. The Balaban J connectivity index is 2.05. The number of rotatable bonds is 4. The highest BCUT2D eigenvalue weighted by molar-refractivity contribution is 9.10. The first-order valence-electron chi connectivity index (χ1n) is 6.52. The van der Waals surface area contributed by atoms with Crippen LogP contribution in [0.3, 0.4) is 0 Å². The van der Waals surface area contributed by atoms with Crippen LogP contribution >= 0.6 is 15.9 Å². The number of benzene rings is 1. The fourth-order valence-electron chi connectivity index (χ4n) is 2.28. The molecule has 1 N–H and O–H groups in total. The van der Waals surface area contributed by atoms with Crippen molar-refractivity contribution >= 4 is 37.3 Å². The first kappa shape index (κ1) is 14.7. The topological polar surface area (TPSA) is 49.4 Å². The van der Waals surface area contributed by atoms with E-state index in [1.807, 2.05) is 24.3 Å². The molecule has 1 saturated heterocycles. The Kier molecular flexibility index (Phi) is 5.10. The van der Waals surface area contributed by atoms with Crippen LogP contribution < -0.4 is 9.62 Å². The molecule has 106 valence electrons. The van der Waals surface area contributed by atoms with Gasteiger partial charge in [-0.25, -0.2) is 8.42 Å². The lowest BCUT2D eigenvalue weighted by Gasteiger charge is -2.22. The molecule has 1 heterocycles. The summed E-state index contributed by atoms with van der Waals surface area (Å²) in [6.45, 7) is 2.18. The van der Waals surface area contributed by atoms with Gasteiger partial charge < -0.3 is 4.90 Å². The lowest BCUT2D eigenvalue weighted by atomic mass is 10.2. The fourth-order valence-corrected chi connectivity index (χ4v) is 3.17. The maximum Gasteiger partial charge on any atom is 0.242 e. The molecule has 1 fully saturated rings. The number of halogens is 1. The largest absolute Gasteiger partial charge is 0.372 e. The number of sulfonamides is 1. The Morgan fingerprint density at radius 1 is 1.05 bits per heavy atom. The van der Waals surface area contributed by atoms with Crippen LogP contribution in [0.2, 0.25) is 0 Å². The number of anilines is 2. The van der Waals surface area contributed by atoms with Crippen LogP contribution in [-0.4, -0.2) is 26.2 Å². The summed E-state index contributed by atoms with van der Waals surface area (Å²) in [5.41, 5.74) is 1.78. The molecule has 0 spiro atoms. The van der Waals surface area contributed by atoms with Crippen LogP contribution in [0.1, 0.15) is 25.7 Å². The Morgan fingerprint density at radius 2 is 1.63 bits per heavy atom. The highest BCUT2D eigenvalue weighted by Gasteiger charge is 2.11. The molecule has 0 aromatic heterocycles. The standard InChI is InChI=1S/C13H19BrN2O2S/c14-11-19(17,18)15-12-5-7-13(8-6-12)16-9-3-1-2-4-10-16/h5-8,15H,1-4,9-11H2. The van der Waals surface area contributed by atoms with Crippen LogP contribution in [-0.2, 0) is 10.0 Å². The quantitative estimate of drug-likeness (QED) is 0.852. The molecule has 0 saturated carbocycles. The van der Waals surface area contributed by atoms with Gasteiger partial charge in [0.15, 0.2) is 0 Å². The molecule has 0 radical (unpaired) electrons. The second-order valence-corrected chi connectivity index (χ2v) is 7.80. The van der Waals surface area contributed by atoms with Gasteiger partial charge in [0.2, 0.25) is 10.0 Å². The monoisotopic (exact) mass is 346 g/mol. The van der Waals surface area contributed by atoms with E-state index < -0.39 is 10.0 Å². The van der Waals surface area contributed by atoms with Gasteiger partial charge in [-0.05, 0) is 37.1 Å². The number of hydrogen-bond acceptors (Lipinski definition) is 3. The minimum atomic E-state index is -3.26. The normalized spacial score (nSPS) is 17.0. The Morgan fingerprint density at radius 3 is 2.16 bits per heavy atom. The summed E-state index contributed by atoms with van der Waals surface area (Å²) in [6.07, 6.45) is 5.08. The van der Waals surface area contributed by atoms with Crippen molar-refractivity contribution in [1.29, 1.82) is 0 Å². The molecule has 4 nitrogen and oxygen atoms in total. The van der Waals surface area contributed by atoms with Crippen molar-refractivity contribution in [3.63, 3.8) is 0 Å². The molecule has 0 bridgehead atoms. The summed E-state index contributed by atoms with van der Waals surface area (Å²) < 4.78 is 25.3. The van der Waals surface area contributed by atoms with E-state index in [0.29, 0.717) is 5.69 Å². The second-order valence-electron chi connectivity index (χ2n) is 4.77. The van der Waals surface area contributed by atoms with E-state index in [9.17, 15) is 8.42 Å². The zero-order valence-corrected chi connectivity index (χ0v) is 13.2. The molecule has 1 aromatic carbocycles. The summed E-state index contributed by atoms with van der Waals surface area (Å²) in [7, 11) is -3.26. The van der Waals surface area contributed by atoms with Gasteiger partial charge in [-0.2, -0.15) is 0 Å². The van der Waals surface area contributed by atoms with E-state index in [1.54, 1.807) is 0 Å². The highest BCUT2D eigenvalue weighted by Crippen LogP contribution is 2.22. The lowest BCUT2D eigenvalue weighted by molar-refractivity contribution is 0.606. The van der Waals surface area contributed by atoms with Gasteiger partial charge in [0.25, 0.3) is 0 Å². The van der Waals surface area contributed by atoms with Crippen LogP contribution in [0.25, 0.3) is 0 Å². The zero-order valence-electron chi connectivity index (χ0n) is 10.8. The molecule has 0 aliphatic carbocycles. The van der Waals surface area contributed by atoms with Gasteiger partial charge in [-0.15, -0.1) is 0 Å². The number of nitrogens with one attached hydrogen (secondary N) is 1. The molecule has 1 aliphatic heterocycles. The third-order valence-electron chi connectivity index (χ3n) is 3.26. The van der Waals surface area contributed by atoms with Crippen molar-refractivity contribution in [3.8, 4) is 0 Å². The molecular weight excluding hydrogens is 328 g/mol. The number of nitrogens with zero attached hydrogens (tertiary/aromatic N) is 1. The molecule has 1 aromatic rings. The van der Waals surface area contributed by atoms with Crippen molar-refractivity contribution in [2.75, 3.05) is 27.4 Å². The van der Waals surface area contributed by atoms with Gasteiger partial charge in [-0.1, -0.05) is 28.8 Å². The molecule has 0 amide bonds. The van der Waals surface area contributed by atoms with Crippen LogP contribution in [0.5, 0.6) is 0 Å². The highest BCUT2D eigenvalue weighted by atomic mass is 79.9.